The average Bonchev–Trinajstić information content (AvgIpc) is 2.94. The number of cyclic esters (lactones) is 1. The fourth-order valence-electron chi connectivity index (χ4n) is 4.11. The van der Waals surface area contributed by atoms with E-state index >= 15 is 0 Å². The van der Waals surface area contributed by atoms with E-state index in [-0.39, 0.29) is 12.1 Å². The van der Waals surface area contributed by atoms with Crippen molar-refractivity contribution in [1.29, 1.82) is 0 Å². The van der Waals surface area contributed by atoms with Gasteiger partial charge in [0, 0.05) is 6.04 Å². The molecule has 0 unspecified atom stereocenters. The quantitative estimate of drug-likeness (QED) is 0.851. The molecule has 24 heavy (non-hydrogen) atoms. The SMILES string of the molecule is CC(C)[C@@H](NN1C(=O)OC[C@@H]1Cc1ccccc1)C1CCCCC1. The van der Waals surface area contributed by atoms with Gasteiger partial charge in [0.15, 0.2) is 0 Å². The molecule has 1 saturated carbocycles. The maximum Gasteiger partial charge on any atom is 0.424 e. The van der Waals surface area contributed by atoms with E-state index in [0.29, 0.717) is 24.5 Å². The lowest BCUT2D eigenvalue weighted by Crippen LogP contribution is -2.54. The van der Waals surface area contributed by atoms with Crippen LogP contribution in [0.15, 0.2) is 30.3 Å². The molecule has 4 nitrogen and oxygen atoms in total. The maximum absolute atomic E-state index is 12.3. The number of carbonyl (C=O) groups excluding carboxylic acids is 1. The van der Waals surface area contributed by atoms with E-state index in [2.05, 4.69) is 31.4 Å². The van der Waals surface area contributed by atoms with Crippen molar-refractivity contribution in [2.24, 2.45) is 11.8 Å². The van der Waals surface area contributed by atoms with Gasteiger partial charge in [-0.15, -0.1) is 0 Å². The number of nitrogens with zero attached hydrogens (tertiary/aromatic N) is 1. The highest BCUT2D eigenvalue weighted by atomic mass is 16.6. The summed E-state index contributed by atoms with van der Waals surface area (Å²) in [5.74, 6) is 1.16. The summed E-state index contributed by atoms with van der Waals surface area (Å²) in [7, 11) is 0. The minimum Gasteiger partial charge on any atom is -0.446 e. The minimum absolute atomic E-state index is 0.0738. The van der Waals surface area contributed by atoms with Crippen molar-refractivity contribution in [3.63, 3.8) is 0 Å². The third-order valence-electron chi connectivity index (χ3n) is 5.44. The van der Waals surface area contributed by atoms with Crippen molar-refractivity contribution in [3.8, 4) is 0 Å². The van der Waals surface area contributed by atoms with E-state index in [9.17, 15) is 4.79 Å². The van der Waals surface area contributed by atoms with Crippen LogP contribution in [0, 0.1) is 11.8 Å². The van der Waals surface area contributed by atoms with Crippen molar-refractivity contribution < 1.29 is 9.53 Å². The van der Waals surface area contributed by atoms with Crippen molar-refractivity contribution in [2.45, 2.75) is 64.5 Å². The molecule has 0 aromatic heterocycles. The zero-order chi connectivity index (χ0) is 16.9. The number of amides is 1. The summed E-state index contributed by atoms with van der Waals surface area (Å²) in [5.41, 5.74) is 4.81. The number of benzene rings is 1. The first-order valence-corrected chi connectivity index (χ1v) is 9.41. The van der Waals surface area contributed by atoms with Crippen molar-refractivity contribution in [2.75, 3.05) is 6.61 Å². The highest BCUT2D eigenvalue weighted by Crippen LogP contribution is 2.30. The monoisotopic (exact) mass is 330 g/mol. The molecule has 2 fully saturated rings. The molecule has 1 heterocycles. The molecule has 1 aliphatic heterocycles. The zero-order valence-corrected chi connectivity index (χ0v) is 14.9. The van der Waals surface area contributed by atoms with Crippen LogP contribution < -0.4 is 5.43 Å². The molecule has 1 aromatic rings. The van der Waals surface area contributed by atoms with Gasteiger partial charge in [0.05, 0.1) is 6.04 Å². The van der Waals surface area contributed by atoms with Gasteiger partial charge in [0.2, 0.25) is 0 Å². The molecule has 4 heteroatoms. The summed E-state index contributed by atoms with van der Waals surface area (Å²) in [6.07, 6.45) is 7.11. The Morgan fingerprint density at radius 1 is 1.17 bits per heavy atom. The Morgan fingerprint density at radius 3 is 2.54 bits per heavy atom. The van der Waals surface area contributed by atoms with Crippen LogP contribution in [0.3, 0.4) is 0 Å². The van der Waals surface area contributed by atoms with Crippen LogP contribution in [-0.4, -0.2) is 29.8 Å². The van der Waals surface area contributed by atoms with Crippen LogP contribution in [0.25, 0.3) is 0 Å². The van der Waals surface area contributed by atoms with Gasteiger partial charge in [0.1, 0.15) is 6.61 Å². The van der Waals surface area contributed by atoms with E-state index in [0.717, 1.165) is 6.42 Å². The molecule has 1 aromatic carbocycles. The number of nitrogens with one attached hydrogen (secondary N) is 1. The third-order valence-corrected chi connectivity index (χ3v) is 5.44. The molecule has 2 atom stereocenters. The van der Waals surface area contributed by atoms with Crippen LogP contribution >= 0.6 is 0 Å². The highest BCUT2D eigenvalue weighted by molar-refractivity contribution is 5.69. The standard InChI is InChI=1S/C20H30N2O2/c1-15(2)19(17-11-7-4-8-12-17)21-22-18(14-24-20(22)23)13-16-9-5-3-6-10-16/h3,5-6,9-10,15,17-19,21H,4,7-8,11-14H2,1-2H3/t18-,19+/m0/s1. The fraction of sp³-hybridized carbons (Fsp3) is 0.650. The second-order valence-electron chi connectivity index (χ2n) is 7.59. The molecule has 0 radical (unpaired) electrons. The lowest BCUT2D eigenvalue weighted by Gasteiger charge is -2.37. The van der Waals surface area contributed by atoms with E-state index in [1.165, 1.54) is 37.7 Å². The molecule has 0 bridgehead atoms. The number of hydrogen-bond donors (Lipinski definition) is 1. The van der Waals surface area contributed by atoms with E-state index in [4.69, 9.17) is 4.74 Å². The predicted octanol–water partition coefficient (Wildman–Crippen LogP) is 4.16. The summed E-state index contributed by atoms with van der Waals surface area (Å²) < 4.78 is 5.34. The fourth-order valence-corrected chi connectivity index (χ4v) is 4.11. The second-order valence-corrected chi connectivity index (χ2v) is 7.59. The molecule has 1 amide bonds. The Labute approximate surface area is 145 Å². The summed E-state index contributed by atoms with van der Waals surface area (Å²) in [6, 6.07) is 10.8. The Morgan fingerprint density at radius 2 is 1.88 bits per heavy atom. The van der Waals surface area contributed by atoms with Gasteiger partial charge < -0.3 is 4.74 Å². The number of carbonyl (C=O) groups is 1. The largest absolute Gasteiger partial charge is 0.446 e. The Bertz CT molecular complexity index is 526. The summed E-state index contributed by atoms with van der Waals surface area (Å²) in [6.45, 7) is 4.97. The first kappa shape index (κ1) is 17.3. The van der Waals surface area contributed by atoms with Gasteiger partial charge in [-0.1, -0.05) is 63.4 Å². The maximum atomic E-state index is 12.3. The molecule has 1 saturated heterocycles. The van der Waals surface area contributed by atoms with Crippen LogP contribution in [-0.2, 0) is 11.2 Å². The normalized spacial score (nSPS) is 23.5. The highest BCUT2D eigenvalue weighted by Gasteiger charge is 2.37. The van der Waals surface area contributed by atoms with Crippen molar-refractivity contribution >= 4 is 6.09 Å². The van der Waals surface area contributed by atoms with Crippen LogP contribution in [0.5, 0.6) is 0 Å². The van der Waals surface area contributed by atoms with E-state index in [1.807, 2.05) is 18.2 Å². The van der Waals surface area contributed by atoms with Gasteiger partial charge in [-0.2, -0.15) is 0 Å². The summed E-state index contributed by atoms with van der Waals surface area (Å²) in [5, 5.41) is 1.77. The van der Waals surface area contributed by atoms with Gasteiger partial charge in [-0.3, -0.25) is 0 Å². The van der Waals surface area contributed by atoms with Crippen LogP contribution in [0.4, 0.5) is 4.79 Å². The van der Waals surface area contributed by atoms with Gasteiger partial charge in [-0.25, -0.2) is 15.2 Å². The van der Waals surface area contributed by atoms with Crippen molar-refractivity contribution in [1.82, 2.24) is 10.4 Å². The molecule has 2 aliphatic rings. The molecule has 1 N–H and O–H groups in total. The second kappa shape index (κ2) is 8.02. The first-order chi connectivity index (χ1) is 11.6. The Hall–Kier alpha value is -1.55. The lowest BCUT2D eigenvalue weighted by atomic mass is 9.80. The molecule has 132 valence electrons. The van der Waals surface area contributed by atoms with E-state index in [1.54, 1.807) is 5.01 Å². The van der Waals surface area contributed by atoms with Crippen LogP contribution in [0.2, 0.25) is 0 Å². The van der Waals surface area contributed by atoms with E-state index < -0.39 is 0 Å². The number of hydrogen-bond acceptors (Lipinski definition) is 3. The van der Waals surface area contributed by atoms with Gasteiger partial charge in [-0.05, 0) is 36.7 Å². The first-order valence-electron chi connectivity index (χ1n) is 9.41. The molecule has 3 rings (SSSR count). The Balaban J connectivity index is 1.68. The lowest BCUT2D eigenvalue weighted by molar-refractivity contribution is 0.0953. The molecular formula is C20H30N2O2. The molecule has 1 aliphatic carbocycles. The number of rotatable bonds is 6. The zero-order valence-electron chi connectivity index (χ0n) is 14.9. The summed E-state index contributed by atoms with van der Waals surface area (Å²) in [4.78, 5) is 12.3. The predicted molar refractivity (Wildman–Crippen MR) is 95.5 cm³/mol. The third kappa shape index (κ3) is 4.10. The van der Waals surface area contributed by atoms with Crippen molar-refractivity contribution in [3.05, 3.63) is 35.9 Å². The van der Waals surface area contributed by atoms with Crippen LogP contribution in [0.1, 0.15) is 51.5 Å². The van der Waals surface area contributed by atoms with Gasteiger partial charge in [0.25, 0.3) is 0 Å². The average molecular weight is 330 g/mol. The number of ether oxygens (including phenoxy) is 1. The smallest absolute Gasteiger partial charge is 0.424 e. The summed E-state index contributed by atoms with van der Waals surface area (Å²) >= 11 is 0. The number of hydrazine groups is 1. The molecular weight excluding hydrogens is 300 g/mol. The minimum atomic E-state index is -0.225. The van der Waals surface area contributed by atoms with Gasteiger partial charge >= 0.3 is 6.09 Å². The topological polar surface area (TPSA) is 41.6 Å². The molecule has 0 spiro atoms. The Kier molecular flexibility index (Phi) is 5.77.